The topological polar surface area (TPSA) is 73.1 Å². The van der Waals surface area contributed by atoms with Gasteiger partial charge in [-0.2, -0.15) is 10.1 Å². The summed E-state index contributed by atoms with van der Waals surface area (Å²) in [6.07, 6.45) is 3.28. The highest BCUT2D eigenvalue weighted by molar-refractivity contribution is 5.95. The number of benzene rings is 1. The number of likely N-dealkylation sites (tertiary alicyclic amines) is 1. The first-order valence-corrected chi connectivity index (χ1v) is 9.89. The summed E-state index contributed by atoms with van der Waals surface area (Å²) in [5.74, 6) is 1.34. The number of rotatable bonds is 4. The van der Waals surface area contributed by atoms with E-state index in [9.17, 15) is 4.79 Å². The molecule has 1 aliphatic rings. The molecule has 3 heterocycles. The van der Waals surface area contributed by atoms with Gasteiger partial charge in [0.2, 0.25) is 5.88 Å². The van der Waals surface area contributed by atoms with Crippen molar-refractivity contribution in [1.29, 1.82) is 0 Å². The van der Waals surface area contributed by atoms with Gasteiger partial charge in [-0.25, -0.2) is 9.67 Å². The smallest absolute Gasteiger partial charge is 0.257 e. The third kappa shape index (κ3) is 4.13. The van der Waals surface area contributed by atoms with Gasteiger partial charge in [-0.1, -0.05) is 18.2 Å². The Bertz CT molecular complexity index is 987. The van der Waals surface area contributed by atoms with Gasteiger partial charge < -0.3 is 9.64 Å². The minimum absolute atomic E-state index is 0.0249. The van der Waals surface area contributed by atoms with Crippen LogP contribution in [0.4, 0.5) is 0 Å². The van der Waals surface area contributed by atoms with Gasteiger partial charge in [-0.15, -0.1) is 0 Å². The van der Waals surface area contributed by atoms with Crippen LogP contribution in [0.1, 0.15) is 40.4 Å². The van der Waals surface area contributed by atoms with Crippen LogP contribution >= 0.6 is 0 Å². The summed E-state index contributed by atoms with van der Waals surface area (Å²) in [7, 11) is 0. The number of carbonyl (C=O) groups excluding carboxylic acids is 1. The van der Waals surface area contributed by atoms with Gasteiger partial charge in [-0.05, 0) is 32.9 Å². The lowest BCUT2D eigenvalue weighted by Crippen LogP contribution is -2.42. The lowest BCUT2D eigenvalue weighted by molar-refractivity contribution is 0.0586. The maximum atomic E-state index is 13.0. The van der Waals surface area contributed by atoms with Crippen molar-refractivity contribution < 1.29 is 9.53 Å². The van der Waals surface area contributed by atoms with Crippen LogP contribution in [-0.2, 0) is 0 Å². The van der Waals surface area contributed by atoms with Crippen LogP contribution < -0.4 is 4.74 Å². The van der Waals surface area contributed by atoms with Crippen molar-refractivity contribution in [2.24, 2.45) is 0 Å². The second kappa shape index (κ2) is 8.03. The van der Waals surface area contributed by atoms with E-state index in [1.807, 2.05) is 66.8 Å². The molecule has 2 aromatic heterocycles. The molecule has 3 aromatic rings. The monoisotopic (exact) mass is 391 g/mol. The fourth-order valence-corrected chi connectivity index (χ4v) is 3.71. The number of para-hydroxylation sites is 1. The molecule has 1 fully saturated rings. The Labute approximate surface area is 170 Å². The zero-order chi connectivity index (χ0) is 20.4. The molecule has 0 radical (unpaired) electrons. The average Bonchev–Trinajstić information content (AvgIpc) is 3.09. The molecule has 0 N–H and O–H groups in total. The summed E-state index contributed by atoms with van der Waals surface area (Å²) < 4.78 is 7.84. The van der Waals surface area contributed by atoms with Gasteiger partial charge in [0.15, 0.2) is 0 Å². The van der Waals surface area contributed by atoms with Crippen LogP contribution in [0, 0.1) is 20.8 Å². The number of aryl methyl sites for hydroxylation is 2. The van der Waals surface area contributed by atoms with Gasteiger partial charge in [0.1, 0.15) is 11.9 Å². The highest BCUT2D eigenvalue weighted by atomic mass is 16.5. The van der Waals surface area contributed by atoms with Crippen LogP contribution in [0.25, 0.3) is 5.69 Å². The molecule has 0 aliphatic carbocycles. The van der Waals surface area contributed by atoms with Gasteiger partial charge in [0.05, 0.1) is 23.1 Å². The standard InChI is InChI=1S/C22H25N5O2/c1-15-13-21(25-17(3)24-15)29-19-9-11-26(12-10-19)22(28)20-14-23-27(16(20)2)18-7-5-4-6-8-18/h4-8,13-14,19H,9-12H2,1-3H3. The predicted molar refractivity (Wildman–Crippen MR) is 109 cm³/mol. The summed E-state index contributed by atoms with van der Waals surface area (Å²) in [5, 5.41) is 4.42. The van der Waals surface area contributed by atoms with Gasteiger partial charge in [0.25, 0.3) is 5.91 Å². The molecule has 1 saturated heterocycles. The van der Waals surface area contributed by atoms with Gasteiger partial charge in [0, 0.05) is 37.7 Å². The van der Waals surface area contributed by atoms with Crippen LogP contribution in [0.5, 0.6) is 5.88 Å². The number of hydrogen-bond donors (Lipinski definition) is 0. The molecule has 0 unspecified atom stereocenters. The maximum absolute atomic E-state index is 13.0. The van der Waals surface area contributed by atoms with Gasteiger partial charge in [-0.3, -0.25) is 4.79 Å². The molecule has 1 amide bonds. The number of carbonyl (C=O) groups is 1. The molecule has 0 atom stereocenters. The predicted octanol–water partition coefficient (Wildman–Crippen LogP) is 3.27. The van der Waals surface area contributed by atoms with Crippen LogP contribution in [-0.4, -0.2) is 49.7 Å². The molecule has 0 spiro atoms. The maximum Gasteiger partial charge on any atom is 0.257 e. The fraction of sp³-hybridized carbons (Fsp3) is 0.364. The van der Waals surface area contributed by atoms with E-state index in [2.05, 4.69) is 15.1 Å². The number of piperidine rings is 1. The third-order valence-corrected chi connectivity index (χ3v) is 5.20. The van der Waals surface area contributed by atoms with Crippen molar-refractivity contribution in [3.8, 4) is 11.6 Å². The Morgan fingerprint density at radius 1 is 1.07 bits per heavy atom. The van der Waals surface area contributed by atoms with Crippen molar-refractivity contribution in [1.82, 2.24) is 24.6 Å². The minimum atomic E-state index is 0.0249. The number of nitrogens with zero attached hydrogens (tertiary/aromatic N) is 5. The van der Waals surface area contributed by atoms with Crippen molar-refractivity contribution in [3.05, 3.63) is 65.4 Å². The summed E-state index contributed by atoms with van der Waals surface area (Å²) in [6.45, 7) is 7.04. The van der Waals surface area contributed by atoms with E-state index in [0.717, 1.165) is 29.9 Å². The summed E-state index contributed by atoms with van der Waals surface area (Å²) in [5.41, 5.74) is 3.35. The molecule has 150 valence electrons. The summed E-state index contributed by atoms with van der Waals surface area (Å²) in [6, 6.07) is 11.7. The molecule has 29 heavy (non-hydrogen) atoms. The first kappa shape index (κ1) is 19.1. The Morgan fingerprint density at radius 2 is 1.79 bits per heavy atom. The van der Waals surface area contributed by atoms with Gasteiger partial charge >= 0.3 is 0 Å². The molecule has 0 bridgehead atoms. The minimum Gasteiger partial charge on any atom is -0.474 e. The highest BCUT2D eigenvalue weighted by Crippen LogP contribution is 2.21. The van der Waals surface area contributed by atoms with E-state index in [1.54, 1.807) is 6.20 Å². The molecule has 1 aromatic carbocycles. The molecule has 4 rings (SSSR count). The SMILES string of the molecule is Cc1cc(OC2CCN(C(=O)c3cnn(-c4ccccc4)c3C)CC2)nc(C)n1. The molecule has 7 heteroatoms. The Morgan fingerprint density at radius 3 is 2.48 bits per heavy atom. The van der Waals surface area contributed by atoms with E-state index in [4.69, 9.17) is 4.74 Å². The first-order chi connectivity index (χ1) is 14.0. The Kier molecular flexibility index (Phi) is 5.29. The molecule has 0 saturated carbocycles. The number of ether oxygens (including phenoxy) is 1. The van der Waals surface area contributed by atoms with E-state index >= 15 is 0 Å². The van der Waals surface area contributed by atoms with Crippen molar-refractivity contribution in [2.45, 2.75) is 39.7 Å². The van der Waals surface area contributed by atoms with Crippen LogP contribution in [0.3, 0.4) is 0 Å². The third-order valence-electron chi connectivity index (χ3n) is 5.20. The van der Waals surface area contributed by atoms with E-state index in [-0.39, 0.29) is 12.0 Å². The normalized spacial score (nSPS) is 14.8. The molecule has 1 aliphatic heterocycles. The van der Waals surface area contributed by atoms with Crippen LogP contribution in [0.2, 0.25) is 0 Å². The second-order valence-electron chi connectivity index (χ2n) is 7.40. The second-order valence-corrected chi connectivity index (χ2v) is 7.40. The lowest BCUT2D eigenvalue weighted by Gasteiger charge is -2.32. The van der Waals surface area contributed by atoms with Crippen molar-refractivity contribution in [2.75, 3.05) is 13.1 Å². The largest absolute Gasteiger partial charge is 0.474 e. The first-order valence-electron chi connectivity index (χ1n) is 9.89. The summed E-state index contributed by atoms with van der Waals surface area (Å²) >= 11 is 0. The highest BCUT2D eigenvalue weighted by Gasteiger charge is 2.27. The Balaban J connectivity index is 1.40. The van der Waals surface area contributed by atoms with E-state index in [0.29, 0.717) is 30.4 Å². The molecular formula is C22H25N5O2. The van der Waals surface area contributed by atoms with Crippen LogP contribution in [0.15, 0.2) is 42.6 Å². The number of amides is 1. The van der Waals surface area contributed by atoms with Crippen molar-refractivity contribution in [3.63, 3.8) is 0 Å². The quantitative estimate of drug-likeness (QED) is 0.682. The zero-order valence-corrected chi connectivity index (χ0v) is 17.0. The average molecular weight is 391 g/mol. The van der Waals surface area contributed by atoms with E-state index < -0.39 is 0 Å². The number of hydrogen-bond acceptors (Lipinski definition) is 5. The Hall–Kier alpha value is -3.22. The summed E-state index contributed by atoms with van der Waals surface area (Å²) in [4.78, 5) is 23.5. The fourth-order valence-electron chi connectivity index (χ4n) is 3.71. The molecular weight excluding hydrogens is 366 g/mol. The van der Waals surface area contributed by atoms with Crippen molar-refractivity contribution >= 4 is 5.91 Å². The zero-order valence-electron chi connectivity index (χ0n) is 17.0. The number of aromatic nitrogens is 4. The van der Waals surface area contributed by atoms with E-state index in [1.165, 1.54) is 0 Å². The lowest BCUT2D eigenvalue weighted by atomic mass is 10.1. The molecule has 7 nitrogen and oxygen atoms in total.